The second-order valence-corrected chi connectivity index (χ2v) is 5.42. The largest absolute Gasteiger partial charge is 0.317 e. The summed E-state index contributed by atoms with van der Waals surface area (Å²) in [6, 6.07) is 6.42. The molecule has 18 heavy (non-hydrogen) atoms. The van der Waals surface area contributed by atoms with Crippen LogP contribution in [0.5, 0.6) is 0 Å². The molecular formula is C13H19Cl3N2. The molecule has 1 aliphatic rings. The highest BCUT2D eigenvalue weighted by molar-refractivity contribution is 6.35. The van der Waals surface area contributed by atoms with Crippen LogP contribution in [0.4, 0.5) is 0 Å². The molecule has 0 saturated carbocycles. The topological polar surface area (TPSA) is 15.3 Å². The van der Waals surface area contributed by atoms with Crippen LogP contribution in [-0.4, -0.2) is 31.1 Å². The summed E-state index contributed by atoms with van der Waals surface area (Å²) in [6.45, 7) is 3.18. The van der Waals surface area contributed by atoms with Crippen LogP contribution in [0.2, 0.25) is 10.0 Å². The summed E-state index contributed by atoms with van der Waals surface area (Å²) in [7, 11) is 2.04. The molecule has 0 atom stereocenters. The fraction of sp³-hybridized carbons (Fsp3) is 0.538. The number of benzene rings is 1. The smallest absolute Gasteiger partial charge is 0.0465 e. The van der Waals surface area contributed by atoms with E-state index in [9.17, 15) is 0 Å². The summed E-state index contributed by atoms with van der Waals surface area (Å²) in [5.74, 6) is 0. The lowest BCUT2D eigenvalue weighted by Crippen LogP contribution is -2.40. The van der Waals surface area contributed by atoms with Crippen molar-refractivity contribution in [1.29, 1.82) is 0 Å². The van der Waals surface area contributed by atoms with Crippen LogP contribution in [0.15, 0.2) is 18.2 Å². The van der Waals surface area contributed by atoms with Gasteiger partial charge in [-0.2, -0.15) is 0 Å². The zero-order valence-corrected chi connectivity index (χ0v) is 12.8. The van der Waals surface area contributed by atoms with Crippen molar-refractivity contribution < 1.29 is 0 Å². The maximum absolute atomic E-state index is 6.18. The first-order chi connectivity index (χ1) is 8.19. The van der Waals surface area contributed by atoms with E-state index < -0.39 is 0 Å². The second-order valence-electron chi connectivity index (χ2n) is 4.57. The van der Waals surface area contributed by atoms with E-state index in [2.05, 4.69) is 10.2 Å². The summed E-state index contributed by atoms with van der Waals surface area (Å²) in [4.78, 5) is 2.45. The minimum atomic E-state index is 0. The maximum Gasteiger partial charge on any atom is 0.0465 e. The van der Waals surface area contributed by atoms with Crippen molar-refractivity contribution >= 4 is 35.6 Å². The summed E-state index contributed by atoms with van der Waals surface area (Å²) in [5.41, 5.74) is 1.17. The van der Waals surface area contributed by atoms with Crippen LogP contribution in [0, 0.1) is 0 Å². The van der Waals surface area contributed by atoms with E-state index in [1.54, 1.807) is 0 Å². The van der Waals surface area contributed by atoms with Gasteiger partial charge in [-0.1, -0.05) is 29.3 Å². The Hall–Kier alpha value is 0.01000. The van der Waals surface area contributed by atoms with Crippen LogP contribution >= 0.6 is 35.6 Å². The van der Waals surface area contributed by atoms with E-state index in [4.69, 9.17) is 23.2 Å². The van der Waals surface area contributed by atoms with Gasteiger partial charge in [0, 0.05) is 22.6 Å². The monoisotopic (exact) mass is 308 g/mol. The Labute approximate surface area is 125 Å². The van der Waals surface area contributed by atoms with Crippen molar-refractivity contribution in [2.45, 2.75) is 25.4 Å². The lowest BCUT2D eigenvalue weighted by molar-refractivity contribution is 0.194. The highest BCUT2D eigenvalue weighted by atomic mass is 35.5. The molecule has 0 amide bonds. The van der Waals surface area contributed by atoms with Gasteiger partial charge in [0.1, 0.15) is 0 Å². The van der Waals surface area contributed by atoms with Gasteiger partial charge >= 0.3 is 0 Å². The SMILES string of the molecule is CNC1CCN(Cc2ccc(Cl)cc2Cl)CC1.Cl. The summed E-state index contributed by atoms with van der Waals surface area (Å²) < 4.78 is 0. The zero-order valence-electron chi connectivity index (χ0n) is 10.5. The fourth-order valence-corrected chi connectivity index (χ4v) is 2.74. The van der Waals surface area contributed by atoms with Gasteiger partial charge in [0.05, 0.1) is 0 Å². The Bertz CT molecular complexity index is 376. The predicted molar refractivity (Wildman–Crippen MR) is 81.1 cm³/mol. The molecule has 2 nitrogen and oxygen atoms in total. The summed E-state index contributed by atoms with van der Waals surface area (Å²) in [6.07, 6.45) is 2.42. The number of rotatable bonds is 3. The van der Waals surface area contributed by atoms with E-state index in [0.717, 1.165) is 24.7 Å². The van der Waals surface area contributed by atoms with Gasteiger partial charge in [-0.05, 0) is 50.7 Å². The molecule has 1 saturated heterocycles. The Balaban J connectivity index is 0.00000162. The van der Waals surface area contributed by atoms with E-state index in [1.165, 1.54) is 18.4 Å². The number of halogens is 3. The van der Waals surface area contributed by atoms with Gasteiger partial charge in [0.2, 0.25) is 0 Å². The molecule has 1 fully saturated rings. The minimum absolute atomic E-state index is 0. The number of nitrogens with one attached hydrogen (secondary N) is 1. The van der Waals surface area contributed by atoms with E-state index in [-0.39, 0.29) is 12.4 Å². The Morgan fingerprint density at radius 1 is 1.28 bits per heavy atom. The molecule has 5 heteroatoms. The van der Waals surface area contributed by atoms with E-state index >= 15 is 0 Å². The third-order valence-electron chi connectivity index (χ3n) is 3.40. The van der Waals surface area contributed by atoms with E-state index in [0.29, 0.717) is 11.1 Å². The number of hydrogen-bond acceptors (Lipinski definition) is 2. The first-order valence-corrected chi connectivity index (χ1v) is 6.78. The lowest BCUT2D eigenvalue weighted by Gasteiger charge is -2.31. The van der Waals surface area contributed by atoms with Crippen molar-refractivity contribution in [2.75, 3.05) is 20.1 Å². The maximum atomic E-state index is 6.18. The van der Waals surface area contributed by atoms with Crippen molar-refractivity contribution in [3.63, 3.8) is 0 Å². The molecule has 1 aromatic carbocycles. The first-order valence-electron chi connectivity index (χ1n) is 6.02. The van der Waals surface area contributed by atoms with Crippen LogP contribution < -0.4 is 5.32 Å². The van der Waals surface area contributed by atoms with Gasteiger partial charge in [-0.15, -0.1) is 12.4 Å². The zero-order chi connectivity index (χ0) is 12.3. The van der Waals surface area contributed by atoms with Gasteiger partial charge < -0.3 is 5.32 Å². The molecule has 0 radical (unpaired) electrons. The predicted octanol–water partition coefficient (Wildman–Crippen LogP) is 3.60. The third-order valence-corrected chi connectivity index (χ3v) is 3.99. The molecular weight excluding hydrogens is 291 g/mol. The quantitative estimate of drug-likeness (QED) is 0.918. The minimum Gasteiger partial charge on any atom is -0.317 e. The summed E-state index contributed by atoms with van der Waals surface area (Å²) >= 11 is 12.1. The molecule has 0 spiro atoms. The third kappa shape index (κ3) is 4.29. The lowest BCUT2D eigenvalue weighted by atomic mass is 10.0. The van der Waals surface area contributed by atoms with Crippen LogP contribution in [0.1, 0.15) is 18.4 Å². The normalized spacial score (nSPS) is 17.5. The average molecular weight is 310 g/mol. The molecule has 1 N–H and O–H groups in total. The molecule has 0 aromatic heterocycles. The molecule has 0 bridgehead atoms. The summed E-state index contributed by atoms with van der Waals surface area (Å²) in [5, 5.41) is 4.81. The average Bonchev–Trinajstić information content (AvgIpc) is 2.34. The van der Waals surface area contributed by atoms with Gasteiger partial charge in [0.15, 0.2) is 0 Å². The number of nitrogens with zero attached hydrogens (tertiary/aromatic N) is 1. The van der Waals surface area contributed by atoms with Crippen molar-refractivity contribution in [3.05, 3.63) is 33.8 Å². The van der Waals surface area contributed by atoms with Crippen LogP contribution in [0.25, 0.3) is 0 Å². The first kappa shape index (κ1) is 16.1. The van der Waals surface area contributed by atoms with Gasteiger partial charge in [-0.3, -0.25) is 4.90 Å². The standard InChI is InChI=1S/C13H18Cl2N2.ClH/c1-16-12-4-6-17(7-5-12)9-10-2-3-11(14)8-13(10)15;/h2-3,8,12,16H,4-7,9H2,1H3;1H. The molecule has 0 unspecified atom stereocenters. The van der Waals surface area contributed by atoms with Crippen molar-refractivity contribution in [2.24, 2.45) is 0 Å². The van der Waals surface area contributed by atoms with E-state index in [1.807, 2.05) is 25.2 Å². The Morgan fingerprint density at radius 3 is 2.50 bits per heavy atom. The van der Waals surface area contributed by atoms with Gasteiger partial charge in [-0.25, -0.2) is 0 Å². The highest BCUT2D eigenvalue weighted by Gasteiger charge is 2.18. The Morgan fingerprint density at radius 2 is 1.94 bits per heavy atom. The van der Waals surface area contributed by atoms with Crippen LogP contribution in [0.3, 0.4) is 0 Å². The van der Waals surface area contributed by atoms with Gasteiger partial charge in [0.25, 0.3) is 0 Å². The van der Waals surface area contributed by atoms with Crippen molar-refractivity contribution in [3.8, 4) is 0 Å². The number of hydrogen-bond donors (Lipinski definition) is 1. The fourth-order valence-electron chi connectivity index (χ4n) is 2.27. The highest BCUT2D eigenvalue weighted by Crippen LogP contribution is 2.23. The molecule has 102 valence electrons. The number of likely N-dealkylation sites (tertiary alicyclic amines) is 1. The second kappa shape index (κ2) is 7.56. The molecule has 0 aliphatic carbocycles. The van der Waals surface area contributed by atoms with Crippen molar-refractivity contribution in [1.82, 2.24) is 10.2 Å². The molecule has 1 aliphatic heterocycles. The Kier molecular flexibility index (Phi) is 6.75. The number of piperidine rings is 1. The van der Waals surface area contributed by atoms with Crippen LogP contribution in [-0.2, 0) is 6.54 Å². The molecule has 1 aromatic rings. The molecule has 2 rings (SSSR count). The molecule has 1 heterocycles.